The third kappa shape index (κ3) is 2.03. The largest absolute Gasteiger partial charge is 0.469 e. The Hall–Kier alpha value is -2.37. The zero-order valence-electron chi connectivity index (χ0n) is 11.3. The van der Waals surface area contributed by atoms with Crippen LogP contribution in [0.25, 0.3) is 11.1 Å². The first-order valence-electron chi connectivity index (χ1n) is 6.34. The van der Waals surface area contributed by atoms with Gasteiger partial charge in [0.1, 0.15) is 5.52 Å². The number of hydrogen-bond donors (Lipinski definition) is 0. The van der Waals surface area contributed by atoms with E-state index in [9.17, 15) is 9.59 Å². The van der Waals surface area contributed by atoms with E-state index in [0.717, 1.165) is 5.52 Å². The molecule has 6 heteroatoms. The molecule has 1 fully saturated rings. The lowest BCUT2D eigenvalue weighted by Gasteiger charge is -2.15. The summed E-state index contributed by atoms with van der Waals surface area (Å²) in [6, 6.07) is 5.38. The maximum Gasteiger partial charge on any atom is 0.311 e. The molecular weight excluding hydrogens is 260 g/mol. The van der Waals surface area contributed by atoms with Crippen LogP contribution < -0.4 is 4.90 Å². The van der Waals surface area contributed by atoms with Crippen LogP contribution in [0.5, 0.6) is 0 Å². The molecule has 1 amide bonds. The number of nitrogens with zero attached hydrogens (tertiary/aromatic N) is 2. The van der Waals surface area contributed by atoms with E-state index in [0.29, 0.717) is 23.7 Å². The predicted octanol–water partition coefficient (Wildman–Crippen LogP) is 1.66. The summed E-state index contributed by atoms with van der Waals surface area (Å²) in [7, 11) is 1.33. The first-order chi connectivity index (χ1) is 9.58. The molecule has 6 nitrogen and oxygen atoms in total. The number of rotatable bonds is 2. The molecule has 1 aliphatic rings. The van der Waals surface area contributed by atoms with Gasteiger partial charge in [0, 0.05) is 31.6 Å². The normalized spacial score (nSPS) is 18.8. The summed E-state index contributed by atoms with van der Waals surface area (Å²) in [6.45, 7) is 2.11. The van der Waals surface area contributed by atoms with Gasteiger partial charge in [-0.2, -0.15) is 0 Å². The van der Waals surface area contributed by atoms with Gasteiger partial charge in [-0.25, -0.2) is 4.98 Å². The Morgan fingerprint density at radius 2 is 2.30 bits per heavy atom. The van der Waals surface area contributed by atoms with Crippen molar-refractivity contribution in [2.24, 2.45) is 5.92 Å². The number of carbonyl (C=O) groups is 2. The highest BCUT2D eigenvalue weighted by atomic mass is 16.5. The van der Waals surface area contributed by atoms with Crippen LogP contribution >= 0.6 is 0 Å². The minimum Gasteiger partial charge on any atom is -0.469 e. The van der Waals surface area contributed by atoms with Gasteiger partial charge in [0.15, 0.2) is 11.5 Å². The van der Waals surface area contributed by atoms with Gasteiger partial charge in [0.25, 0.3) is 0 Å². The van der Waals surface area contributed by atoms with Crippen LogP contribution in [0.4, 0.5) is 5.69 Å². The highest BCUT2D eigenvalue weighted by Crippen LogP contribution is 2.28. The summed E-state index contributed by atoms with van der Waals surface area (Å²) in [5, 5.41) is 0. The van der Waals surface area contributed by atoms with Crippen molar-refractivity contribution in [2.45, 2.75) is 13.3 Å². The van der Waals surface area contributed by atoms with Crippen molar-refractivity contribution in [1.29, 1.82) is 0 Å². The molecule has 3 rings (SSSR count). The molecule has 1 atom stereocenters. The van der Waals surface area contributed by atoms with Crippen LogP contribution in [-0.2, 0) is 14.3 Å². The summed E-state index contributed by atoms with van der Waals surface area (Å²) >= 11 is 0. The van der Waals surface area contributed by atoms with E-state index in [4.69, 9.17) is 9.15 Å². The molecule has 1 saturated heterocycles. The smallest absolute Gasteiger partial charge is 0.311 e. The van der Waals surface area contributed by atoms with Crippen LogP contribution in [0.15, 0.2) is 22.6 Å². The summed E-state index contributed by atoms with van der Waals surface area (Å²) < 4.78 is 10.2. The number of aryl methyl sites for hydroxylation is 1. The average molecular weight is 274 g/mol. The van der Waals surface area contributed by atoms with Gasteiger partial charge in [-0.3, -0.25) is 9.59 Å². The van der Waals surface area contributed by atoms with Crippen LogP contribution in [0.2, 0.25) is 0 Å². The number of esters is 1. The molecule has 0 bridgehead atoms. The van der Waals surface area contributed by atoms with Crippen molar-refractivity contribution in [3.63, 3.8) is 0 Å². The molecule has 104 valence electrons. The molecule has 1 aromatic heterocycles. The number of ether oxygens (including phenoxy) is 1. The van der Waals surface area contributed by atoms with Crippen molar-refractivity contribution >= 4 is 28.7 Å². The third-order valence-corrected chi connectivity index (χ3v) is 3.45. The summed E-state index contributed by atoms with van der Waals surface area (Å²) in [4.78, 5) is 29.3. The molecule has 2 aromatic rings. The lowest BCUT2D eigenvalue weighted by Crippen LogP contribution is -2.26. The second-order valence-corrected chi connectivity index (χ2v) is 4.81. The Balaban J connectivity index is 1.90. The zero-order valence-corrected chi connectivity index (χ0v) is 11.3. The quantitative estimate of drug-likeness (QED) is 0.779. The second kappa shape index (κ2) is 4.63. The number of benzene rings is 1. The number of carbonyl (C=O) groups excluding carboxylic acids is 2. The van der Waals surface area contributed by atoms with Gasteiger partial charge in [-0.15, -0.1) is 0 Å². The lowest BCUT2D eigenvalue weighted by molar-refractivity contribution is -0.145. The van der Waals surface area contributed by atoms with Gasteiger partial charge < -0.3 is 14.1 Å². The van der Waals surface area contributed by atoms with E-state index in [1.54, 1.807) is 24.0 Å². The molecule has 0 N–H and O–H groups in total. The van der Waals surface area contributed by atoms with E-state index in [1.165, 1.54) is 7.11 Å². The minimum atomic E-state index is -0.403. The van der Waals surface area contributed by atoms with E-state index in [1.807, 2.05) is 6.07 Å². The van der Waals surface area contributed by atoms with Gasteiger partial charge in [-0.05, 0) is 12.1 Å². The molecule has 0 radical (unpaired) electrons. The van der Waals surface area contributed by atoms with Crippen LogP contribution in [0, 0.1) is 12.8 Å². The molecule has 0 aliphatic carbocycles. The number of hydrogen-bond acceptors (Lipinski definition) is 5. The third-order valence-electron chi connectivity index (χ3n) is 3.45. The Bertz CT molecular complexity index is 692. The molecule has 0 spiro atoms. The highest BCUT2D eigenvalue weighted by Gasteiger charge is 2.35. The number of methoxy groups -OCH3 is 1. The molecule has 2 heterocycles. The van der Waals surface area contributed by atoms with E-state index < -0.39 is 5.92 Å². The summed E-state index contributed by atoms with van der Waals surface area (Å²) in [5.74, 6) is -0.259. The SMILES string of the molecule is COC(=O)C1CC(=O)N(c2ccc3nc(C)oc3c2)C1. The maximum atomic E-state index is 12.0. The molecule has 1 unspecified atom stereocenters. The number of oxazole rings is 1. The predicted molar refractivity (Wildman–Crippen MR) is 71.2 cm³/mol. The number of aromatic nitrogens is 1. The Morgan fingerprint density at radius 1 is 1.50 bits per heavy atom. The van der Waals surface area contributed by atoms with E-state index in [-0.39, 0.29) is 18.3 Å². The van der Waals surface area contributed by atoms with E-state index in [2.05, 4.69) is 4.98 Å². The fourth-order valence-electron chi connectivity index (χ4n) is 2.48. The molecule has 1 aromatic carbocycles. The van der Waals surface area contributed by atoms with Gasteiger partial charge in [0.2, 0.25) is 5.91 Å². The second-order valence-electron chi connectivity index (χ2n) is 4.81. The fourth-order valence-corrected chi connectivity index (χ4v) is 2.48. The lowest BCUT2D eigenvalue weighted by atomic mass is 10.1. The van der Waals surface area contributed by atoms with Crippen LogP contribution in [0.3, 0.4) is 0 Å². The fraction of sp³-hybridized carbons (Fsp3) is 0.357. The zero-order chi connectivity index (χ0) is 14.3. The van der Waals surface area contributed by atoms with Crippen molar-refractivity contribution < 1.29 is 18.7 Å². The number of amides is 1. The Kier molecular flexibility index (Phi) is 2.93. The minimum absolute atomic E-state index is 0.0870. The number of anilines is 1. The average Bonchev–Trinajstić information content (AvgIpc) is 2.98. The Morgan fingerprint density at radius 3 is 3.05 bits per heavy atom. The van der Waals surface area contributed by atoms with Crippen LogP contribution in [0.1, 0.15) is 12.3 Å². The van der Waals surface area contributed by atoms with Gasteiger partial charge in [-0.1, -0.05) is 0 Å². The van der Waals surface area contributed by atoms with Crippen molar-refractivity contribution in [3.8, 4) is 0 Å². The van der Waals surface area contributed by atoms with Gasteiger partial charge >= 0.3 is 5.97 Å². The Labute approximate surface area is 115 Å². The topological polar surface area (TPSA) is 72.6 Å². The van der Waals surface area contributed by atoms with E-state index >= 15 is 0 Å². The van der Waals surface area contributed by atoms with Crippen molar-refractivity contribution in [2.75, 3.05) is 18.6 Å². The van der Waals surface area contributed by atoms with Crippen molar-refractivity contribution in [3.05, 3.63) is 24.1 Å². The summed E-state index contributed by atoms with van der Waals surface area (Å²) in [6.07, 6.45) is 0.181. The van der Waals surface area contributed by atoms with Crippen molar-refractivity contribution in [1.82, 2.24) is 4.98 Å². The molecule has 20 heavy (non-hydrogen) atoms. The standard InChI is InChI=1S/C14H14N2O4/c1-8-15-11-4-3-10(6-12(11)20-8)16-7-9(5-13(16)17)14(18)19-2/h3-4,6,9H,5,7H2,1-2H3. The monoisotopic (exact) mass is 274 g/mol. The highest BCUT2D eigenvalue weighted by molar-refractivity contribution is 6.00. The van der Waals surface area contributed by atoms with Crippen LogP contribution in [-0.4, -0.2) is 30.5 Å². The maximum absolute atomic E-state index is 12.0. The molecule has 0 saturated carbocycles. The van der Waals surface area contributed by atoms with Gasteiger partial charge in [0.05, 0.1) is 13.0 Å². The first-order valence-corrected chi connectivity index (χ1v) is 6.34. The molecule has 1 aliphatic heterocycles. The number of fused-ring (bicyclic) bond motifs is 1. The summed E-state index contributed by atoms with van der Waals surface area (Å²) in [5.41, 5.74) is 2.10. The molecular formula is C14H14N2O4. The first kappa shape index (κ1) is 12.7.